The van der Waals surface area contributed by atoms with Gasteiger partial charge in [-0.1, -0.05) is 29.7 Å². The van der Waals surface area contributed by atoms with E-state index >= 15 is 0 Å². The lowest BCUT2D eigenvalue weighted by Crippen LogP contribution is -2.47. The van der Waals surface area contributed by atoms with Crippen molar-refractivity contribution in [3.63, 3.8) is 0 Å². The molecule has 0 atom stereocenters. The van der Waals surface area contributed by atoms with Crippen molar-refractivity contribution in [2.24, 2.45) is 0 Å². The molecule has 2 aromatic carbocycles. The van der Waals surface area contributed by atoms with Gasteiger partial charge in [-0.05, 0) is 62.5 Å². The van der Waals surface area contributed by atoms with Gasteiger partial charge in [-0.2, -0.15) is 0 Å². The summed E-state index contributed by atoms with van der Waals surface area (Å²) >= 11 is 6.16. The maximum absolute atomic E-state index is 6.16. The van der Waals surface area contributed by atoms with E-state index in [1.54, 1.807) is 0 Å². The third-order valence-electron chi connectivity index (χ3n) is 6.72. The van der Waals surface area contributed by atoms with Gasteiger partial charge in [0.1, 0.15) is 18.9 Å². The number of nitrogens with zero attached hydrogens (tertiary/aromatic N) is 4. The number of ether oxygens (including phenoxy) is 2. The Morgan fingerprint density at radius 3 is 2.60 bits per heavy atom. The normalized spacial score (nSPS) is 16.1. The highest BCUT2D eigenvalue weighted by atomic mass is 35.5. The molecule has 1 saturated heterocycles. The molecule has 1 fully saturated rings. The lowest BCUT2D eigenvalue weighted by molar-refractivity contribution is 0.171. The van der Waals surface area contributed by atoms with Crippen molar-refractivity contribution in [1.29, 1.82) is 0 Å². The van der Waals surface area contributed by atoms with Gasteiger partial charge in [-0.25, -0.2) is 0 Å². The molecule has 0 bridgehead atoms. The fourth-order valence-corrected chi connectivity index (χ4v) is 4.90. The highest BCUT2D eigenvalue weighted by molar-refractivity contribution is 6.30. The van der Waals surface area contributed by atoms with Gasteiger partial charge in [0.2, 0.25) is 0 Å². The van der Waals surface area contributed by atoms with E-state index in [4.69, 9.17) is 25.6 Å². The van der Waals surface area contributed by atoms with Gasteiger partial charge in [-0.15, -0.1) is 0 Å². The van der Waals surface area contributed by atoms with Crippen LogP contribution in [-0.2, 0) is 6.54 Å². The van der Waals surface area contributed by atoms with E-state index in [0.717, 1.165) is 92.3 Å². The van der Waals surface area contributed by atoms with Crippen LogP contribution >= 0.6 is 11.6 Å². The molecule has 35 heavy (non-hydrogen) atoms. The fourth-order valence-electron chi connectivity index (χ4n) is 4.72. The van der Waals surface area contributed by atoms with Gasteiger partial charge in [-0.3, -0.25) is 9.80 Å². The summed E-state index contributed by atoms with van der Waals surface area (Å²) in [6.45, 7) is 11.5. The Morgan fingerprint density at radius 2 is 1.80 bits per heavy atom. The van der Waals surface area contributed by atoms with Crippen LogP contribution in [0.1, 0.15) is 19.1 Å². The van der Waals surface area contributed by atoms with Crippen LogP contribution in [0.3, 0.4) is 0 Å². The first-order valence-corrected chi connectivity index (χ1v) is 12.9. The van der Waals surface area contributed by atoms with Crippen LogP contribution in [-0.4, -0.2) is 74.0 Å². The molecule has 5 rings (SSSR count). The molecular formula is C27H33ClN4O3. The number of benzene rings is 2. The summed E-state index contributed by atoms with van der Waals surface area (Å²) in [6, 6.07) is 16.1. The van der Waals surface area contributed by atoms with E-state index < -0.39 is 0 Å². The smallest absolute Gasteiger partial charge is 0.162 e. The number of piperazine rings is 1. The largest absolute Gasteiger partial charge is 0.486 e. The molecule has 3 heterocycles. The van der Waals surface area contributed by atoms with E-state index in [-0.39, 0.29) is 0 Å². The predicted molar refractivity (Wildman–Crippen MR) is 139 cm³/mol. The zero-order chi connectivity index (χ0) is 24.0. The Kier molecular flexibility index (Phi) is 7.76. The summed E-state index contributed by atoms with van der Waals surface area (Å²) in [5.74, 6) is 2.43. The molecule has 2 aliphatic rings. The molecule has 186 valence electrons. The van der Waals surface area contributed by atoms with Crippen molar-refractivity contribution >= 4 is 17.3 Å². The van der Waals surface area contributed by atoms with Gasteiger partial charge < -0.3 is 18.9 Å². The molecular weight excluding hydrogens is 464 g/mol. The van der Waals surface area contributed by atoms with Gasteiger partial charge in [0.25, 0.3) is 0 Å². The molecule has 1 aromatic heterocycles. The van der Waals surface area contributed by atoms with Crippen LogP contribution in [0.2, 0.25) is 5.02 Å². The molecule has 2 aliphatic heterocycles. The Labute approximate surface area is 212 Å². The molecule has 3 aromatic rings. The van der Waals surface area contributed by atoms with E-state index in [1.165, 1.54) is 5.69 Å². The molecule has 0 aliphatic carbocycles. The molecule has 0 saturated carbocycles. The van der Waals surface area contributed by atoms with Crippen LogP contribution in [0.15, 0.2) is 53.1 Å². The van der Waals surface area contributed by atoms with E-state index in [0.29, 0.717) is 13.2 Å². The molecule has 0 spiro atoms. The van der Waals surface area contributed by atoms with E-state index in [9.17, 15) is 0 Å². The number of fused-ring (bicyclic) bond motifs is 1. The Morgan fingerprint density at radius 1 is 0.971 bits per heavy atom. The Balaban J connectivity index is 1.08. The molecule has 7 nitrogen and oxygen atoms in total. The zero-order valence-corrected chi connectivity index (χ0v) is 21.0. The first-order valence-electron chi connectivity index (χ1n) is 12.5. The van der Waals surface area contributed by atoms with Crippen molar-refractivity contribution in [2.75, 3.05) is 63.9 Å². The SMILES string of the molecule is CCN(CCCN1CCN(c2cccc(Cl)c2)CC1)Cc1cc(-c2ccc3c(c2)OCCO3)no1. The summed E-state index contributed by atoms with van der Waals surface area (Å²) < 4.78 is 17.0. The third-order valence-corrected chi connectivity index (χ3v) is 6.95. The molecule has 0 amide bonds. The molecule has 0 radical (unpaired) electrons. The Bertz CT molecular complexity index is 1110. The van der Waals surface area contributed by atoms with Crippen LogP contribution in [0.25, 0.3) is 11.3 Å². The minimum Gasteiger partial charge on any atom is -0.486 e. The minimum atomic E-state index is 0.573. The lowest BCUT2D eigenvalue weighted by atomic mass is 10.1. The predicted octanol–water partition coefficient (Wildman–Crippen LogP) is 4.80. The highest BCUT2D eigenvalue weighted by Crippen LogP contribution is 2.34. The van der Waals surface area contributed by atoms with Crippen molar-refractivity contribution in [2.45, 2.75) is 19.9 Å². The molecule has 8 heteroatoms. The summed E-state index contributed by atoms with van der Waals surface area (Å²) in [5, 5.41) is 5.10. The summed E-state index contributed by atoms with van der Waals surface area (Å²) in [5.41, 5.74) is 3.02. The number of halogens is 1. The average Bonchev–Trinajstić information content (AvgIpc) is 3.37. The molecule has 0 unspecified atom stereocenters. The van der Waals surface area contributed by atoms with E-state index in [2.05, 4.69) is 38.9 Å². The van der Waals surface area contributed by atoms with Crippen LogP contribution in [0.5, 0.6) is 11.5 Å². The van der Waals surface area contributed by atoms with Gasteiger partial charge in [0.15, 0.2) is 17.3 Å². The van der Waals surface area contributed by atoms with Gasteiger partial charge in [0, 0.05) is 48.5 Å². The van der Waals surface area contributed by atoms with Crippen molar-refractivity contribution in [3.05, 3.63) is 59.3 Å². The highest BCUT2D eigenvalue weighted by Gasteiger charge is 2.18. The number of anilines is 1. The Hall–Kier alpha value is -2.74. The number of hydrogen-bond donors (Lipinski definition) is 0. The van der Waals surface area contributed by atoms with E-state index in [1.807, 2.05) is 36.4 Å². The van der Waals surface area contributed by atoms with Crippen LogP contribution < -0.4 is 14.4 Å². The molecule has 0 N–H and O–H groups in total. The average molecular weight is 497 g/mol. The number of aromatic nitrogens is 1. The second kappa shape index (κ2) is 11.3. The third kappa shape index (κ3) is 6.10. The van der Waals surface area contributed by atoms with Crippen LogP contribution in [0, 0.1) is 0 Å². The summed E-state index contributed by atoms with van der Waals surface area (Å²) in [7, 11) is 0. The quantitative estimate of drug-likeness (QED) is 0.421. The second-order valence-electron chi connectivity index (χ2n) is 9.07. The zero-order valence-electron chi connectivity index (χ0n) is 20.3. The van der Waals surface area contributed by atoms with Crippen molar-refractivity contribution < 1.29 is 14.0 Å². The summed E-state index contributed by atoms with van der Waals surface area (Å²) in [4.78, 5) is 7.39. The number of rotatable bonds is 9. The van der Waals surface area contributed by atoms with Crippen molar-refractivity contribution in [1.82, 2.24) is 15.0 Å². The topological polar surface area (TPSA) is 54.2 Å². The fraction of sp³-hybridized carbons (Fsp3) is 0.444. The van der Waals surface area contributed by atoms with Gasteiger partial charge in [0.05, 0.1) is 6.54 Å². The first-order chi connectivity index (χ1) is 17.2. The lowest BCUT2D eigenvalue weighted by Gasteiger charge is -2.36. The summed E-state index contributed by atoms with van der Waals surface area (Å²) in [6.07, 6.45) is 1.13. The van der Waals surface area contributed by atoms with Gasteiger partial charge >= 0.3 is 0 Å². The second-order valence-corrected chi connectivity index (χ2v) is 9.50. The van der Waals surface area contributed by atoms with Crippen molar-refractivity contribution in [3.8, 4) is 22.8 Å². The monoisotopic (exact) mass is 496 g/mol. The van der Waals surface area contributed by atoms with Crippen LogP contribution in [0.4, 0.5) is 5.69 Å². The standard InChI is InChI=1S/C27H33ClN4O3/c1-2-30(9-4-10-31-11-13-32(14-12-31)23-6-3-5-22(28)18-23)20-24-19-25(29-35-24)21-7-8-26-27(17-21)34-16-15-33-26/h3,5-8,17-19H,2,4,9-16,20H2,1H3. The maximum atomic E-state index is 6.16. The first kappa shape index (κ1) is 24.0. The maximum Gasteiger partial charge on any atom is 0.162 e. The number of hydrogen-bond acceptors (Lipinski definition) is 7. The minimum absolute atomic E-state index is 0.573.